The first kappa shape index (κ1) is 24.6. The molecule has 0 heterocycles. The molecular weight excluding hydrogens is 472 g/mol. The van der Waals surface area contributed by atoms with Gasteiger partial charge in [-0.1, -0.05) is 12.1 Å². The van der Waals surface area contributed by atoms with E-state index in [0.29, 0.717) is 16.4 Å². The Bertz CT molecular complexity index is 1160. The molecule has 1 amide bonds. The molecule has 0 saturated carbocycles. The predicted octanol–water partition coefficient (Wildman–Crippen LogP) is 3.65. The van der Waals surface area contributed by atoms with Crippen molar-refractivity contribution in [1.82, 2.24) is 16.3 Å². The van der Waals surface area contributed by atoms with Crippen LogP contribution in [-0.2, 0) is 0 Å². The Labute approximate surface area is 208 Å². The molecule has 3 aromatic rings. The van der Waals surface area contributed by atoms with Gasteiger partial charge >= 0.3 is 0 Å². The fourth-order valence-corrected chi connectivity index (χ4v) is 3.08. The van der Waals surface area contributed by atoms with E-state index in [-0.39, 0.29) is 11.0 Å². The van der Waals surface area contributed by atoms with Crippen LogP contribution in [0.4, 0.5) is 17.1 Å². The number of carbonyl (C=O) groups is 1. The molecule has 0 aromatic heterocycles. The molecule has 34 heavy (non-hydrogen) atoms. The van der Waals surface area contributed by atoms with Crippen molar-refractivity contribution in [3.05, 3.63) is 78.4 Å². The van der Waals surface area contributed by atoms with E-state index < -0.39 is 0 Å². The molecule has 0 fully saturated rings. The first-order valence-electron chi connectivity index (χ1n) is 10.1. The van der Waals surface area contributed by atoms with Crippen molar-refractivity contribution >= 4 is 57.6 Å². The Morgan fingerprint density at radius 2 is 1.21 bits per heavy atom. The molecule has 0 aliphatic carbocycles. The van der Waals surface area contributed by atoms with Crippen LogP contribution in [-0.4, -0.2) is 30.4 Å². The number of anilines is 3. The minimum Gasteiger partial charge on any atom is -0.497 e. The van der Waals surface area contributed by atoms with Gasteiger partial charge in [0.05, 0.1) is 19.9 Å². The fourth-order valence-electron chi connectivity index (χ4n) is 2.75. The third-order valence-electron chi connectivity index (χ3n) is 4.41. The highest BCUT2D eigenvalue weighted by Crippen LogP contribution is 2.17. The number of nitrogens with one attached hydrogen (secondary N) is 6. The monoisotopic (exact) mass is 496 g/mol. The van der Waals surface area contributed by atoms with Crippen LogP contribution < -0.4 is 41.8 Å². The van der Waals surface area contributed by atoms with Crippen LogP contribution in [0.5, 0.6) is 11.5 Å². The summed E-state index contributed by atoms with van der Waals surface area (Å²) in [6.07, 6.45) is 0. The normalized spacial score (nSPS) is 9.82. The standard InChI is InChI=1S/C23H24N6O3S2/c1-31-19-7-3-5-17(13-19)24-22(33)28-26-16-11-9-15(10-12-16)21(30)27-29-23(34)25-18-6-4-8-20(14-18)32-2/h3-14,26H,1-2H3,(H,27,30)(H2,24,28,33)(H2,25,29,34). The first-order chi connectivity index (χ1) is 16.5. The Kier molecular flexibility index (Phi) is 8.83. The SMILES string of the molecule is COc1cccc(NC(=S)NNC(=O)c2ccc(NNC(=S)Nc3cccc(OC)c3)cc2)c1. The van der Waals surface area contributed by atoms with E-state index in [4.69, 9.17) is 33.9 Å². The third kappa shape index (κ3) is 7.50. The van der Waals surface area contributed by atoms with Crippen LogP contribution in [0.2, 0.25) is 0 Å². The largest absolute Gasteiger partial charge is 0.497 e. The van der Waals surface area contributed by atoms with E-state index in [1.807, 2.05) is 42.5 Å². The quantitative estimate of drug-likeness (QED) is 0.214. The molecule has 9 nitrogen and oxygen atoms in total. The summed E-state index contributed by atoms with van der Waals surface area (Å²) in [5.41, 5.74) is 13.8. The lowest BCUT2D eigenvalue weighted by Crippen LogP contribution is -2.43. The highest BCUT2D eigenvalue weighted by atomic mass is 32.1. The third-order valence-corrected chi connectivity index (χ3v) is 4.82. The van der Waals surface area contributed by atoms with Gasteiger partial charge in [0, 0.05) is 29.1 Å². The lowest BCUT2D eigenvalue weighted by Gasteiger charge is -2.14. The second kappa shape index (κ2) is 12.2. The molecule has 3 aromatic carbocycles. The van der Waals surface area contributed by atoms with Gasteiger partial charge in [0.1, 0.15) is 11.5 Å². The Hall–Kier alpha value is -4.09. The molecule has 0 saturated heterocycles. The molecule has 0 aliphatic heterocycles. The van der Waals surface area contributed by atoms with Crippen molar-refractivity contribution in [2.24, 2.45) is 0 Å². The van der Waals surface area contributed by atoms with Crippen LogP contribution >= 0.6 is 24.4 Å². The molecule has 3 rings (SSSR count). The zero-order chi connectivity index (χ0) is 24.3. The molecule has 0 atom stereocenters. The van der Waals surface area contributed by atoms with Crippen molar-refractivity contribution in [1.29, 1.82) is 0 Å². The van der Waals surface area contributed by atoms with E-state index in [1.165, 1.54) is 0 Å². The average Bonchev–Trinajstić information content (AvgIpc) is 2.86. The number of rotatable bonds is 7. The minimum absolute atomic E-state index is 0.237. The van der Waals surface area contributed by atoms with Gasteiger partial charge in [-0.2, -0.15) is 0 Å². The van der Waals surface area contributed by atoms with Gasteiger partial charge in [-0.15, -0.1) is 0 Å². The highest BCUT2D eigenvalue weighted by Gasteiger charge is 2.07. The maximum Gasteiger partial charge on any atom is 0.269 e. The first-order valence-corrected chi connectivity index (χ1v) is 10.9. The summed E-state index contributed by atoms with van der Waals surface area (Å²) in [7, 11) is 3.19. The summed E-state index contributed by atoms with van der Waals surface area (Å²) in [6, 6.07) is 21.5. The van der Waals surface area contributed by atoms with Gasteiger partial charge < -0.3 is 20.1 Å². The fraction of sp³-hybridized carbons (Fsp3) is 0.0870. The lowest BCUT2D eigenvalue weighted by atomic mass is 10.2. The Balaban J connectivity index is 1.43. The summed E-state index contributed by atoms with van der Waals surface area (Å²) in [5, 5.41) is 6.62. The molecule has 0 radical (unpaired) electrons. The van der Waals surface area contributed by atoms with Gasteiger partial charge in [0.25, 0.3) is 5.91 Å². The number of thiocarbonyl (C=S) groups is 2. The van der Waals surface area contributed by atoms with Gasteiger partial charge in [0.15, 0.2) is 10.2 Å². The number of ether oxygens (including phenoxy) is 2. The van der Waals surface area contributed by atoms with E-state index in [0.717, 1.165) is 22.8 Å². The van der Waals surface area contributed by atoms with Crippen LogP contribution in [0.3, 0.4) is 0 Å². The highest BCUT2D eigenvalue weighted by molar-refractivity contribution is 7.80. The number of hydrazine groups is 2. The minimum atomic E-state index is -0.343. The van der Waals surface area contributed by atoms with Crippen LogP contribution in [0.25, 0.3) is 0 Å². The zero-order valence-corrected chi connectivity index (χ0v) is 20.1. The van der Waals surface area contributed by atoms with Crippen LogP contribution in [0.1, 0.15) is 10.4 Å². The maximum absolute atomic E-state index is 12.4. The molecule has 6 N–H and O–H groups in total. The topological polar surface area (TPSA) is 108 Å². The number of hydrogen-bond acceptors (Lipinski definition) is 6. The van der Waals surface area contributed by atoms with Gasteiger partial charge in [-0.25, -0.2) is 0 Å². The van der Waals surface area contributed by atoms with Gasteiger partial charge in [0.2, 0.25) is 0 Å². The average molecular weight is 497 g/mol. The molecule has 0 aliphatic rings. The molecule has 11 heteroatoms. The molecule has 176 valence electrons. The van der Waals surface area contributed by atoms with Gasteiger partial charge in [-0.05, 0) is 73.0 Å². The van der Waals surface area contributed by atoms with Crippen molar-refractivity contribution in [3.63, 3.8) is 0 Å². The molecule has 0 bridgehead atoms. The van der Waals surface area contributed by atoms with Crippen molar-refractivity contribution < 1.29 is 14.3 Å². The maximum atomic E-state index is 12.4. The Morgan fingerprint density at radius 3 is 1.74 bits per heavy atom. The second-order valence-electron chi connectivity index (χ2n) is 6.78. The second-order valence-corrected chi connectivity index (χ2v) is 7.60. The molecule has 0 spiro atoms. The zero-order valence-electron chi connectivity index (χ0n) is 18.5. The van der Waals surface area contributed by atoms with E-state index >= 15 is 0 Å². The predicted molar refractivity (Wildman–Crippen MR) is 142 cm³/mol. The van der Waals surface area contributed by atoms with Crippen LogP contribution in [0, 0.1) is 0 Å². The smallest absolute Gasteiger partial charge is 0.269 e. The van der Waals surface area contributed by atoms with E-state index in [2.05, 4.69) is 32.3 Å². The molecular formula is C23H24N6O3S2. The van der Waals surface area contributed by atoms with Crippen molar-refractivity contribution in [3.8, 4) is 11.5 Å². The van der Waals surface area contributed by atoms with Crippen LogP contribution in [0.15, 0.2) is 72.8 Å². The summed E-state index contributed by atoms with van der Waals surface area (Å²) >= 11 is 10.5. The number of carbonyl (C=O) groups excluding carboxylic acids is 1. The Morgan fingerprint density at radius 1 is 0.676 bits per heavy atom. The summed E-state index contributed by atoms with van der Waals surface area (Å²) < 4.78 is 10.4. The lowest BCUT2D eigenvalue weighted by molar-refractivity contribution is 0.0944. The summed E-state index contributed by atoms with van der Waals surface area (Å²) in [6.45, 7) is 0. The summed E-state index contributed by atoms with van der Waals surface area (Å²) in [4.78, 5) is 12.4. The molecule has 0 unspecified atom stereocenters. The van der Waals surface area contributed by atoms with Crippen molar-refractivity contribution in [2.45, 2.75) is 0 Å². The van der Waals surface area contributed by atoms with Crippen molar-refractivity contribution in [2.75, 3.05) is 30.3 Å². The number of amides is 1. The van der Waals surface area contributed by atoms with E-state index in [1.54, 1.807) is 44.6 Å². The summed E-state index contributed by atoms with van der Waals surface area (Å²) in [5.74, 6) is 1.07. The van der Waals surface area contributed by atoms with Gasteiger partial charge in [-0.3, -0.25) is 26.5 Å². The number of methoxy groups -OCH3 is 2. The number of hydrogen-bond donors (Lipinski definition) is 6. The number of benzene rings is 3. The van der Waals surface area contributed by atoms with E-state index in [9.17, 15) is 4.79 Å².